The Hall–Kier alpha value is -3.90. The van der Waals surface area contributed by atoms with Crippen LogP contribution in [-0.4, -0.2) is 16.0 Å². The number of halogens is 1. The number of hydrogen-bond donors (Lipinski definition) is 0. The number of thioether (sulfide) groups is 1. The van der Waals surface area contributed by atoms with Gasteiger partial charge in [0.1, 0.15) is 18.2 Å². The molecule has 4 aromatic rings. The summed E-state index contributed by atoms with van der Waals surface area (Å²) < 4.78 is 20.2. The number of carbonyl (C=O) groups excluding carboxylic acids is 2. The summed E-state index contributed by atoms with van der Waals surface area (Å²) in [6, 6.07) is 27.6. The van der Waals surface area contributed by atoms with Gasteiger partial charge in [-0.15, -0.1) is 0 Å². The summed E-state index contributed by atoms with van der Waals surface area (Å²) in [6.07, 6.45) is 1.70. The molecular weight excluding hydrogens is 449 g/mol. The molecule has 4 nitrogen and oxygen atoms in total. The van der Waals surface area contributed by atoms with Gasteiger partial charge in [0.15, 0.2) is 0 Å². The minimum Gasteiger partial charge on any atom is -0.488 e. The van der Waals surface area contributed by atoms with Crippen molar-refractivity contribution in [2.45, 2.75) is 13.2 Å². The third kappa shape index (κ3) is 4.45. The number of nitrogens with zero attached hydrogens (tertiary/aromatic N) is 1. The van der Waals surface area contributed by atoms with Crippen molar-refractivity contribution in [1.29, 1.82) is 0 Å². The molecule has 1 aliphatic rings. The normalized spacial score (nSPS) is 14.9. The van der Waals surface area contributed by atoms with E-state index in [0.29, 0.717) is 17.9 Å². The molecule has 4 aromatic carbocycles. The number of hydrogen-bond acceptors (Lipinski definition) is 4. The second kappa shape index (κ2) is 9.53. The minimum absolute atomic E-state index is 0.110. The zero-order chi connectivity index (χ0) is 23.5. The molecule has 168 valence electrons. The third-order valence-corrected chi connectivity index (χ3v) is 6.51. The highest BCUT2D eigenvalue weighted by Crippen LogP contribution is 2.37. The first-order chi connectivity index (χ1) is 16.6. The van der Waals surface area contributed by atoms with Crippen LogP contribution < -0.4 is 4.74 Å². The van der Waals surface area contributed by atoms with Crippen LogP contribution in [0.3, 0.4) is 0 Å². The first-order valence-electron chi connectivity index (χ1n) is 10.8. The maximum absolute atomic E-state index is 14.1. The highest BCUT2D eigenvalue weighted by molar-refractivity contribution is 8.18. The van der Waals surface area contributed by atoms with Crippen LogP contribution in [0, 0.1) is 5.82 Å². The predicted octanol–water partition coefficient (Wildman–Crippen LogP) is 6.79. The maximum Gasteiger partial charge on any atom is 0.293 e. The highest BCUT2D eigenvalue weighted by Gasteiger charge is 2.35. The van der Waals surface area contributed by atoms with Gasteiger partial charge < -0.3 is 4.74 Å². The zero-order valence-electron chi connectivity index (χ0n) is 18.1. The summed E-state index contributed by atoms with van der Waals surface area (Å²) in [4.78, 5) is 27.1. The first-order valence-corrected chi connectivity index (χ1v) is 11.6. The fourth-order valence-electron chi connectivity index (χ4n) is 3.85. The lowest BCUT2D eigenvalue weighted by Crippen LogP contribution is -2.27. The maximum atomic E-state index is 14.1. The van der Waals surface area contributed by atoms with Crippen molar-refractivity contribution < 1.29 is 18.7 Å². The van der Waals surface area contributed by atoms with E-state index in [9.17, 15) is 14.0 Å². The molecule has 0 unspecified atom stereocenters. The molecule has 0 N–H and O–H groups in total. The lowest BCUT2D eigenvalue weighted by molar-refractivity contribution is -0.123. The number of amides is 2. The van der Waals surface area contributed by atoms with E-state index in [-0.39, 0.29) is 11.4 Å². The van der Waals surface area contributed by atoms with Gasteiger partial charge in [0, 0.05) is 11.1 Å². The lowest BCUT2D eigenvalue weighted by atomic mass is 10.0. The monoisotopic (exact) mass is 469 g/mol. The molecule has 1 saturated heterocycles. The molecule has 1 aliphatic heterocycles. The van der Waals surface area contributed by atoms with E-state index < -0.39 is 17.0 Å². The number of imide groups is 1. The molecule has 0 aromatic heterocycles. The Labute approximate surface area is 200 Å². The zero-order valence-corrected chi connectivity index (χ0v) is 18.9. The van der Waals surface area contributed by atoms with Gasteiger partial charge in [0.05, 0.1) is 11.4 Å². The molecule has 6 heteroatoms. The highest BCUT2D eigenvalue weighted by atomic mass is 32.2. The molecule has 0 bridgehead atoms. The van der Waals surface area contributed by atoms with Crippen LogP contribution in [0.15, 0.2) is 95.9 Å². The fourth-order valence-corrected chi connectivity index (χ4v) is 4.67. The van der Waals surface area contributed by atoms with Crippen molar-refractivity contribution in [3.05, 3.63) is 118 Å². The molecule has 1 heterocycles. The molecule has 0 spiro atoms. The van der Waals surface area contributed by atoms with Gasteiger partial charge in [-0.1, -0.05) is 78.9 Å². The Kier molecular flexibility index (Phi) is 6.14. The first kappa shape index (κ1) is 21.9. The molecule has 5 rings (SSSR count). The Balaban J connectivity index is 1.49. The Bertz CT molecular complexity index is 1420. The summed E-state index contributed by atoms with van der Waals surface area (Å²) in [6.45, 7) is 0.260. The van der Waals surface area contributed by atoms with E-state index in [1.54, 1.807) is 24.3 Å². The van der Waals surface area contributed by atoms with Gasteiger partial charge in [-0.2, -0.15) is 0 Å². The largest absolute Gasteiger partial charge is 0.488 e. The standard InChI is InChI=1S/C28H20FNO3S/c29-24-13-7-5-11-21(24)17-30-27(31)26(34-28(30)32)16-23-22-12-6-4-10-20(22)14-15-25(23)33-18-19-8-2-1-3-9-19/h1-16H,17-18H2/b26-16-. The van der Waals surface area contributed by atoms with Gasteiger partial charge >= 0.3 is 0 Å². The van der Waals surface area contributed by atoms with Gasteiger partial charge in [0.2, 0.25) is 0 Å². The summed E-state index contributed by atoms with van der Waals surface area (Å²) >= 11 is 0.854. The summed E-state index contributed by atoms with van der Waals surface area (Å²) in [5.41, 5.74) is 2.04. The van der Waals surface area contributed by atoms with Crippen molar-refractivity contribution in [2.75, 3.05) is 0 Å². The van der Waals surface area contributed by atoms with Crippen molar-refractivity contribution >= 4 is 39.8 Å². The van der Waals surface area contributed by atoms with E-state index in [2.05, 4.69) is 0 Å². The van der Waals surface area contributed by atoms with E-state index in [4.69, 9.17) is 4.74 Å². The molecule has 0 saturated carbocycles. The molecule has 0 atom stereocenters. The topological polar surface area (TPSA) is 46.6 Å². The number of carbonyl (C=O) groups is 2. The average molecular weight is 470 g/mol. The summed E-state index contributed by atoms with van der Waals surface area (Å²) in [5.74, 6) is -0.278. The van der Waals surface area contributed by atoms with Crippen molar-refractivity contribution in [1.82, 2.24) is 4.90 Å². The summed E-state index contributed by atoms with van der Waals surface area (Å²) in [7, 11) is 0. The second-order valence-corrected chi connectivity index (χ2v) is 8.83. The van der Waals surface area contributed by atoms with Crippen LogP contribution in [-0.2, 0) is 17.9 Å². The fraction of sp³-hybridized carbons (Fsp3) is 0.0714. The molecule has 34 heavy (non-hydrogen) atoms. The van der Waals surface area contributed by atoms with Gasteiger partial charge in [-0.05, 0) is 46.3 Å². The van der Waals surface area contributed by atoms with Gasteiger partial charge in [-0.25, -0.2) is 4.39 Å². The number of benzene rings is 4. The van der Waals surface area contributed by atoms with Crippen LogP contribution in [0.1, 0.15) is 16.7 Å². The molecule has 0 radical (unpaired) electrons. The SMILES string of the molecule is O=C1S/C(=C\c2c(OCc3ccccc3)ccc3ccccc23)C(=O)N1Cc1ccccc1F. The van der Waals surface area contributed by atoms with Crippen LogP contribution in [0.4, 0.5) is 9.18 Å². The van der Waals surface area contributed by atoms with Crippen molar-refractivity contribution in [3.63, 3.8) is 0 Å². The number of ether oxygens (including phenoxy) is 1. The quantitative estimate of drug-likeness (QED) is 0.292. The second-order valence-electron chi connectivity index (χ2n) is 7.83. The smallest absolute Gasteiger partial charge is 0.293 e. The Morgan fingerprint density at radius 1 is 0.853 bits per heavy atom. The Morgan fingerprint density at radius 3 is 2.41 bits per heavy atom. The molecular formula is C28H20FNO3S. The molecule has 0 aliphatic carbocycles. The molecule has 1 fully saturated rings. The lowest BCUT2D eigenvalue weighted by Gasteiger charge is -2.14. The Morgan fingerprint density at radius 2 is 1.59 bits per heavy atom. The van der Waals surface area contributed by atoms with Gasteiger partial charge in [-0.3, -0.25) is 14.5 Å². The van der Waals surface area contributed by atoms with E-state index in [1.165, 1.54) is 6.07 Å². The summed E-state index contributed by atoms with van der Waals surface area (Å²) in [5, 5.41) is 1.48. The van der Waals surface area contributed by atoms with Crippen LogP contribution in [0.2, 0.25) is 0 Å². The van der Waals surface area contributed by atoms with E-state index in [1.807, 2.05) is 66.7 Å². The number of rotatable bonds is 6. The van der Waals surface area contributed by atoms with E-state index >= 15 is 0 Å². The minimum atomic E-state index is -0.448. The third-order valence-electron chi connectivity index (χ3n) is 5.60. The number of fused-ring (bicyclic) bond motifs is 1. The van der Waals surface area contributed by atoms with E-state index in [0.717, 1.165) is 38.6 Å². The van der Waals surface area contributed by atoms with Crippen LogP contribution in [0.25, 0.3) is 16.8 Å². The average Bonchev–Trinajstić information content (AvgIpc) is 3.13. The van der Waals surface area contributed by atoms with Crippen molar-refractivity contribution in [2.24, 2.45) is 0 Å². The van der Waals surface area contributed by atoms with Crippen molar-refractivity contribution in [3.8, 4) is 5.75 Å². The van der Waals surface area contributed by atoms with Gasteiger partial charge in [0.25, 0.3) is 11.1 Å². The molecule has 2 amide bonds. The van der Waals surface area contributed by atoms with Crippen LogP contribution in [0.5, 0.6) is 5.75 Å². The van der Waals surface area contributed by atoms with Crippen LogP contribution >= 0.6 is 11.8 Å². The predicted molar refractivity (Wildman–Crippen MR) is 133 cm³/mol.